The van der Waals surface area contributed by atoms with E-state index in [9.17, 15) is 5.11 Å². The number of hydrogen-bond donors (Lipinski definition) is 3. The van der Waals surface area contributed by atoms with Crippen LogP contribution in [-0.2, 0) is 4.74 Å². The van der Waals surface area contributed by atoms with Crippen LogP contribution >= 0.6 is 12.2 Å². The molecule has 1 saturated heterocycles. The first kappa shape index (κ1) is 14.1. The van der Waals surface area contributed by atoms with Crippen molar-refractivity contribution >= 4 is 33.8 Å². The lowest BCUT2D eigenvalue weighted by Crippen LogP contribution is -2.34. The maximum Gasteiger partial charge on any atom is 0.170 e. The summed E-state index contributed by atoms with van der Waals surface area (Å²) in [5, 5.41) is 18.6. The van der Waals surface area contributed by atoms with E-state index in [1.54, 1.807) is 6.07 Å². The summed E-state index contributed by atoms with van der Waals surface area (Å²) in [7, 11) is 0. The number of aromatic hydroxyl groups is 1. The van der Waals surface area contributed by atoms with Gasteiger partial charge in [-0.3, -0.25) is 0 Å². The lowest BCUT2D eigenvalue weighted by Gasteiger charge is -2.15. The lowest BCUT2D eigenvalue weighted by atomic mass is 10.1. The van der Waals surface area contributed by atoms with E-state index in [0.717, 1.165) is 42.5 Å². The van der Waals surface area contributed by atoms with E-state index in [1.807, 2.05) is 30.3 Å². The van der Waals surface area contributed by atoms with Gasteiger partial charge in [0.15, 0.2) is 5.11 Å². The predicted molar refractivity (Wildman–Crippen MR) is 88.8 cm³/mol. The normalized spacial score (nSPS) is 17.8. The SMILES string of the molecule is Oc1cccc2c(NC(=S)NC[C@H]3CCCO3)cccc12. The van der Waals surface area contributed by atoms with Crippen molar-refractivity contribution in [3.05, 3.63) is 36.4 Å². The third kappa shape index (κ3) is 3.25. The van der Waals surface area contributed by atoms with Gasteiger partial charge in [-0.05, 0) is 37.2 Å². The summed E-state index contributed by atoms with van der Waals surface area (Å²) in [6.07, 6.45) is 2.45. The molecule has 1 atom stereocenters. The van der Waals surface area contributed by atoms with Crippen molar-refractivity contribution in [2.45, 2.75) is 18.9 Å². The van der Waals surface area contributed by atoms with Gasteiger partial charge in [-0.15, -0.1) is 0 Å². The highest BCUT2D eigenvalue weighted by atomic mass is 32.1. The quantitative estimate of drug-likeness (QED) is 0.761. The average molecular weight is 302 g/mol. The minimum absolute atomic E-state index is 0.251. The molecule has 21 heavy (non-hydrogen) atoms. The lowest BCUT2D eigenvalue weighted by molar-refractivity contribution is 0.114. The summed E-state index contributed by atoms with van der Waals surface area (Å²) < 4.78 is 5.56. The van der Waals surface area contributed by atoms with Crippen molar-refractivity contribution in [1.82, 2.24) is 5.32 Å². The fourth-order valence-electron chi connectivity index (χ4n) is 2.58. The minimum atomic E-state index is 0.251. The molecule has 1 aliphatic rings. The number of benzene rings is 2. The fourth-order valence-corrected chi connectivity index (χ4v) is 2.77. The molecular formula is C16H18N2O2S. The van der Waals surface area contributed by atoms with Crippen molar-refractivity contribution in [1.29, 1.82) is 0 Å². The second-order valence-corrected chi connectivity index (χ2v) is 5.56. The summed E-state index contributed by atoms with van der Waals surface area (Å²) in [6, 6.07) is 11.2. The van der Waals surface area contributed by atoms with Crippen LogP contribution in [0.3, 0.4) is 0 Å². The molecule has 0 radical (unpaired) electrons. The van der Waals surface area contributed by atoms with E-state index in [2.05, 4.69) is 10.6 Å². The first-order valence-electron chi connectivity index (χ1n) is 7.11. The van der Waals surface area contributed by atoms with Crippen LogP contribution in [0.4, 0.5) is 5.69 Å². The van der Waals surface area contributed by atoms with Gasteiger partial charge >= 0.3 is 0 Å². The Hall–Kier alpha value is -1.85. The van der Waals surface area contributed by atoms with Gasteiger partial charge in [0, 0.05) is 29.6 Å². The molecule has 3 N–H and O–H groups in total. The van der Waals surface area contributed by atoms with E-state index < -0.39 is 0 Å². The van der Waals surface area contributed by atoms with Gasteiger partial charge in [-0.1, -0.05) is 24.3 Å². The highest BCUT2D eigenvalue weighted by Gasteiger charge is 2.15. The third-order valence-corrected chi connectivity index (χ3v) is 3.91. The van der Waals surface area contributed by atoms with Crippen LogP contribution in [0.2, 0.25) is 0 Å². The Morgan fingerprint density at radius 1 is 1.24 bits per heavy atom. The Labute approximate surface area is 129 Å². The number of hydrogen-bond acceptors (Lipinski definition) is 3. The van der Waals surface area contributed by atoms with E-state index in [1.165, 1.54) is 0 Å². The predicted octanol–water partition coefficient (Wildman–Crippen LogP) is 3.01. The topological polar surface area (TPSA) is 53.5 Å². The number of nitrogens with one attached hydrogen (secondary N) is 2. The van der Waals surface area contributed by atoms with E-state index in [0.29, 0.717) is 5.11 Å². The fraction of sp³-hybridized carbons (Fsp3) is 0.312. The van der Waals surface area contributed by atoms with Gasteiger partial charge in [-0.2, -0.15) is 0 Å². The Morgan fingerprint density at radius 3 is 2.86 bits per heavy atom. The standard InChI is InChI=1S/C16H18N2O2S/c19-15-8-2-5-12-13(15)6-1-7-14(12)18-16(21)17-10-11-4-3-9-20-11/h1-2,5-8,11,19H,3-4,9-10H2,(H2,17,18,21)/t11-/m1/s1. The third-order valence-electron chi connectivity index (χ3n) is 3.66. The van der Waals surface area contributed by atoms with E-state index in [4.69, 9.17) is 17.0 Å². The highest BCUT2D eigenvalue weighted by molar-refractivity contribution is 7.80. The molecule has 0 aliphatic carbocycles. The van der Waals surface area contributed by atoms with Gasteiger partial charge < -0.3 is 20.5 Å². The van der Waals surface area contributed by atoms with Crippen LogP contribution in [-0.4, -0.2) is 29.5 Å². The largest absolute Gasteiger partial charge is 0.507 e. The Morgan fingerprint density at radius 2 is 2.05 bits per heavy atom. The van der Waals surface area contributed by atoms with Crippen LogP contribution in [0.5, 0.6) is 5.75 Å². The van der Waals surface area contributed by atoms with Gasteiger partial charge in [-0.25, -0.2) is 0 Å². The second-order valence-electron chi connectivity index (χ2n) is 5.15. The second kappa shape index (κ2) is 6.28. The number of phenolic OH excluding ortho intramolecular Hbond substituents is 1. The Bertz CT molecular complexity index is 654. The van der Waals surface area contributed by atoms with Gasteiger partial charge in [0.05, 0.1) is 6.10 Å². The number of fused-ring (bicyclic) bond motifs is 1. The monoisotopic (exact) mass is 302 g/mol. The molecule has 0 aromatic heterocycles. The summed E-state index contributed by atoms with van der Waals surface area (Å²) in [4.78, 5) is 0. The summed E-state index contributed by atoms with van der Waals surface area (Å²) in [5.74, 6) is 0.273. The Kier molecular flexibility index (Phi) is 4.22. The first-order valence-corrected chi connectivity index (χ1v) is 7.52. The van der Waals surface area contributed by atoms with Crippen LogP contribution in [0.25, 0.3) is 10.8 Å². The van der Waals surface area contributed by atoms with Crippen LogP contribution in [0, 0.1) is 0 Å². The van der Waals surface area contributed by atoms with Crippen molar-refractivity contribution in [2.24, 2.45) is 0 Å². The van der Waals surface area contributed by atoms with Crippen LogP contribution < -0.4 is 10.6 Å². The molecule has 3 rings (SSSR count). The maximum atomic E-state index is 9.88. The number of phenols is 1. The maximum absolute atomic E-state index is 9.88. The molecule has 1 fully saturated rings. The van der Waals surface area contributed by atoms with Gasteiger partial charge in [0.1, 0.15) is 5.75 Å². The molecule has 0 saturated carbocycles. The highest BCUT2D eigenvalue weighted by Crippen LogP contribution is 2.29. The molecule has 1 aliphatic heterocycles. The number of anilines is 1. The molecule has 0 bridgehead atoms. The summed E-state index contributed by atoms with van der Waals surface area (Å²) in [5.41, 5.74) is 0.883. The zero-order chi connectivity index (χ0) is 14.7. The minimum Gasteiger partial charge on any atom is -0.507 e. The van der Waals surface area contributed by atoms with Gasteiger partial charge in [0.25, 0.3) is 0 Å². The van der Waals surface area contributed by atoms with E-state index >= 15 is 0 Å². The molecule has 2 aromatic carbocycles. The average Bonchev–Trinajstić information content (AvgIpc) is 3.00. The van der Waals surface area contributed by atoms with Crippen LogP contribution in [0.1, 0.15) is 12.8 Å². The summed E-state index contributed by atoms with van der Waals surface area (Å²) >= 11 is 5.33. The zero-order valence-corrected chi connectivity index (χ0v) is 12.5. The molecule has 110 valence electrons. The summed E-state index contributed by atoms with van der Waals surface area (Å²) in [6.45, 7) is 1.57. The van der Waals surface area contributed by atoms with E-state index in [-0.39, 0.29) is 11.9 Å². The van der Waals surface area contributed by atoms with Crippen molar-refractivity contribution < 1.29 is 9.84 Å². The van der Waals surface area contributed by atoms with Crippen LogP contribution in [0.15, 0.2) is 36.4 Å². The van der Waals surface area contributed by atoms with Crippen molar-refractivity contribution in [2.75, 3.05) is 18.5 Å². The molecule has 0 unspecified atom stereocenters. The van der Waals surface area contributed by atoms with Gasteiger partial charge in [0.2, 0.25) is 0 Å². The first-order chi connectivity index (χ1) is 10.2. The molecule has 4 nitrogen and oxygen atoms in total. The smallest absolute Gasteiger partial charge is 0.170 e. The molecular weight excluding hydrogens is 284 g/mol. The number of thiocarbonyl (C=S) groups is 1. The Balaban J connectivity index is 1.69. The molecule has 0 spiro atoms. The molecule has 0 amide bonds. The number of rotatable bonds is 3. The molecule has 2 aromatic rings. The molecule has 1 heterocycles. The number of ether oxygens (including phenoxy) is 1. The van der Waals surface area contributed by atoms with Crippen molar-refractivity contribution in [3.8, 4) is 5.75 Å². The zero-order valence-electron chi connectivity index (χ0n) is 11.6. The molecule has 5 heteroatoms. The van der Waals surface area contributed by atoms with Crippen molar-refractivity contribution in [3.63, 3.8) is 0 Å².